The van der Waals surface area contributed by atoms with Crippen LogP contribution in [0.25, 0.3) is 0 Å². The molecule has 132 valence electrons. The van der Waals surface area contributed by atoms with Gasteiger partial charge in [0, 0.05) is 12.2 Å². The smallest absolute Gasteiger partial charge is 0.344 e. The van der Waals surface area contributed by atoms with Crippen molar-refractivity contribution >= 4 is 29.1 Å². The molecule has 0 saturated heterocycles. The molecule has 2 rings (SSSR count). The summed E-state index contributed by atoms with van der Waals surface area (Å²) in [6, 6.07) is 9.51. The summed E-state index contributed by atoms with van der Waals surface area (Å²) in [5.74, 6) is -3.68. The number of nitrogens with one attached hydrogen (secondary N) is 2. The third-order valence-corrected chi connectivity index (χ3v) is 3.40. The Morgan fingerprint density at radius 3 is 2.40 bits per heavy atom. The van der Waals surface area contributed by atoms with E-state index in [-0.39, 0.29) is 22.8 Å². The Hall–Kier alpha value is -2.61. The molecule has 2 amide bonds. The lowest BCUT2D eigenvalue weighted by atomic mass is 10.1. The van der Waals surface area contributed by atoms with Crippen molar-refractivity contribution in [2.24, 2.45) is 0 Å². The van der Waals surface area contributed by atoms with E-state index in [1.165, 1.54) is 36.4 Å². The average Bonchev–Trinajstić information content (AvgIpc) is 2.51. The molecule has 0 aliphatic rings. The van der Waals surface area contributed by atoms with Gasteiger partial charge in [-0.25, -0.2) is 4.39 Å². The van der Waals surface area contributed by atoms with Gasteiger partial charge in [0.2, 0.25) is 0 Å². The lowest BCUT2D eigenvalue weighted by Gasteiger charge is -2.10. The molecule has 0 saturated carbocycles. The molecule has 0 aliphatic carbocycles. The Morgan fingerprint density at radius 2 is 1.76 bits per heavy atom. The van der Waals surface area contributed by atoms with E-state index in [0.717, 1.165) is 6.07 Å². The molecule has 0 fully saturated rings. The number of halogens is 5. The van der Waals surface area contributed by atoms with Crippen LogP contribution in [0.15, 0.2) is 42.5 Å². The van der Waals surface area contributed by atoms with Gasteiger partial charge in [0.25, 0.3) is 5.91 Å². The van der Waals surface area contributed by atoms with Crippen molar-refractivity contribution in [3.63, 3.8) is 0 Å². The number of carbonyl (C=O) groups excluding carboxylic acids is 2. The van der Waals surface area contributed by atoms with Crippen LogP contribution in [0.4, 0.5) is 23.2 Å². The van der Waals surface area contributed by atoms with Crippen molar-refractivity contribution in [2.45, 2.75) is 12.7 Å². The molecular weight excluding hydrogens is 364 g/mol. The maximum absolute atomic E-state index is 13.7. The second-order valence-electron chi connectivity index (χ2n) is 4.93. The highest BCUT2D eigenvalue weighted by Gasteiger charge is 2.38. The molecule has 0 spiro atoms. The number of anilines is 1. The Morgan fingerprint density at radius 1 is 1.08 bits per heavy atom. The van der Waals surface area contributed by atoms with Crippen LogP contribution in [-0.4, -0.2) is 18.0 Å². The fourth-order valence-corrected chi connectivity index (χ4v) is 2.20. The van der Waals surface area contributed by atoms with Gasteiger partial charge in [-0.1, -0.05) is 29.8 Å². The normalized spacial score (nSPS) is 11.1. The summed E-state index contributed by atoms with van der Waals surface area (Å²) in [7, 11) is 0. The second kappa shape index (κ2) is 7.52. The number of carbonyl (C=O) groups is 2. The molecule has 0 aliphatic heterocycles. The number of amides is 2. The van der Waals surface area contributed by atoms with Crippen molar-refractivity contribution in [3.8, 4) is 0 Å². The van der Waals surface area contributed by atoms with E-state index in [1.807, 2.05) is 0 Å². The summed E-state index contributed by atoms with van der Waals surface area (Å²) in [6.07, 6.45) is -4.98. The minimum atomic E-state index is -4.98. The Kier molecular flexibility index (Phi) is 5.63. The molecule has 0 radical (unpaired) electrons. The molecule has 2 aromatic rings. The summed E-state index contributed by atoms with van der Waals surface area (Å²) >= 11 is 5.79. The maximum atomic E-state index is 13.7. The SMILES string of the molecule is O=C(Nc1cccc(CNC(=O)C(F)(F)F)c1)c1c(F)cccc1Cl. The van der Waals surface area contributed by atoms with E-state index in [2.05, 4.69) is 5.32 Å². The first kappa shape index (κ1) is 18.7. The van der Waals surface area contributed by atoms with Gasteiger partial charge < -0.3 is 10.6 Å². The Bertz CT molecular complexity index is 789. The standard InChI is InChI=1S/C16H11ClF4N2O2/c17-11-5-2-6-12(18)13(11)14(24)23-10-4-1-3-9(7-10)8-22-15(25)16(19,20)21/h1-7H,8H2,(H,22,25)(H,23,24). The molecule has 0 bridgehead atoms. The number of alkyl halides is 3. The molecule has 4 nitrogen and oxygen atoms in total. The zero-order valence-corrected chi connectivity index (χ0v) is 13.2. The molecular formula is C16H11ClF4N2O2. The van der Waals surface area contributed by atoms with Gasteiger partial charge in [0.1, 0.15) is 5.82 Å². The summed E-state index contributed by atoms with van der Waals surface area (Å²) < 4.78 is 50.2. The lowest BCUT2D eigenvalue weighted by molar-refractivity contribution is -0.173. The minimum absolute atomic E-state index is 0.0777. The molecule has 2 aromatic carbocycles. The van der Waals surface area contributed by atoms with E-state index >= 15 is 0 Å². The van der Waals surface area contributed by atoms with Crippen LogP contribution in [0.2, 0.25) is 5.02 Å². The first-order valence-corrected chi connectivity index (χ1v) is 7.25. The Labute approximate surface area is 144 Å². The summed E-state index contributed by atoms with van der Waals surface area (Å²) in [4.78, 5) is 22.9. The lowest BCUT2D eigenvalue weighted by Crippen LogP contribution is -2.36. The monoisotopic (exact) mass is 374 g/mol. The molecule has 0 atom stereocenters. The van der Waals surface area contributed by atoms with Gasteiger partial charge in [-0.15, -0.1) is 0 Å². The van der Waals surface area contributed by atoms with Crippen molar-refractivity contribution in [2.75, 3.05) is 5.32 Å². The van der Waals surface area contributed by atoms with Crippen LogP contribution in [0.3, 0.4) is 0 Å². The molecule has 25 heavy (non-hydrogen) atoms. The van der Waals surface area contributed by atoms with Crippen LogP contribution in [-0.2, 0) is 11.3 Å². The number of benzene rings is 2. The molecule has 0 unspecified atom stereocenters. The highest BCUT2D eigenvalue weighted by atomic mass is 35.5. The largest absolute Gasteiger partial charge is 0.471 e. The average molecular weight is 375 g/mol. The Balaban J connectivity index is 2.09. The summed E-state index contributed by atoms with van der Waals surface area (Å²) in [5, 5.41) is 4.03. The first-order chi connectivity index (χ1) is 11.7. The fraction of sp³-hybridized carbons (Fsp3) is 0.125. The summed E-state index contributed by atoms with van der Waals surface area (Å²) in [6.45, 7) is -0.386. The van der Waals surface area contributed by atoms with Gasteiger partial charge in [-0.3, -0.25) is 9.59 Å². The number of hydrogen-bond acceptors (Lipinski definition) is 2. The predicted octanol–water partition coefficient (Wildman–Crippen LogP) is 3.91. The quantitative estimate of drug-likeness (QED) is 0.797. The van der Waals surface area contributed by atoms with Gasteiger partial charge in [0.05, 0.1) is 10.6 Å². The van der Waals surface area contributed by atoms with Crippen molar-refractivity contribution in [3.05, 3.63) is 64.4 Å². The van der Waals surface area contributed by atoms with Crippen LogP contribution in [0, 0.1) is 5.82 Å². The molecule has 2 N–H and O–H groups in total. The van der Waals surface area contributed by atoms with Gasteiger partial charge in [-0.05, 0) is 29.8 Å². The van der Waals surface area contributed by atoms with Crippen LogP contribution in [0.1, 0.15) is 15.9 Å². The zero-order chi connectivity index (χ0) is 18.6. The third kappa shape index (κ3) is 4.93. The number of hydrogen-bond donors (Lipinski definition) is 2. The van der Waals surface area contributed by atoms with Crippen LogP contribution < -0.4 is 10.6 Å². The summed E-state index contributed by atoms with van der Waals surface area (Å²) in [5.41, 5.74) is 0.179. The van der Waals surface area contributed by atoms with Crippen molar-refractivity contribution in [1.29, 1.82) is 0 Å². The van der Waals surface area contributed by atoms with Gasteiger partial charge >= 0.3 is 12.1 Å². The zero-order valence-electron chi connectivity index (χ0n) is 12.5. The first-order valence-electron chi connectivity index (χ1n) is 6.88. The topological polar surface area (TPSA) is 58.2 Å². The van der Waals surface area contributed by atoms with Crippen molar-refractivity contribution in [1.82, 2.24) is 5.32 Å². The van der Waals surface area contributed by atoms with E-state index in [9.17, 15) is 27.2 Å². The maximum Gasteiger partial charge on any atom is 0.471 e. The van der Waals surface area contributed by atoms with E-state index in [4.69, 9.17) is 11.6 Å². The van der Waals surface area contributed by atoms with Crippen LogP contribution >= 0.6 is 11.6 Å². The van der Waals surface area contributed by atoms with Crippen LogP contribution in [0.5, 0.6) is 0 Å². The predicted molar refractivity (Wildman–Crippen MR) is 83.7 cm³/mol. The highest BCUT2D eigenvalue weighted by Crippen LogP contribution is 2.21. The van der Waals surface area contributed by atoms with Gasteiger partial charge in [0.15, 0.2) is 0 Å². The van der Waals surface area contributed by atoms with E-state index in [0.29, 0.717) is 5.56 Å². The van der Waals surface area contributed by atoms with E-state index in [1.54, 1.807) is 5.32 Å². The highest BCUT2D eigenvalue weighted by molar-refractivity contribution is 6.34. The molecule has 0 aromatic heterocycles. The second-order valence-corrected chi connectivity index (χ2v) is 5.34. The van der Waals surface area contributed by atoms with Crippen molar-refractivity contribution < 1.29 is 27.2 Å². The van der Waals surface area contributed by atoms with Gasteiger partial charge in [-0.2, -0.15) is 13.2 Å². The van der Waals surface area contributed by atoms with E-state index < -0.39 is 23.8 Å². The third-order valence-electron chi connectivity index (χ3n) is 3.09. The molecule has 0 heterocycles. The fourth-order valence-electron chi connectivity index (χ4n) is 1.95. The minimum Gasteiger partial charge on any atom is -0.344 e. The molecule has 9 heteroatoms. The number of rotatable bonds is 4.